The molecule has 3 unspecified atom stereocenters. The average Bonchev–Trinajstić information content (AvgIpc) is 3.31. The van der Waals surface area contributed by atoms with Gasteiger partial charge >= 0.3 is 0 Å². The lowest BCUT2D eigenvalue weighted by atomic mass is 9.95. The molecule has 3 atom stereocenters. The molecule has 2 fully saturated rings. The Balaban J connectivity index is 1.45. The Morgan fingerprint density at radius 2 is 2.26 bits per heavy atom. The maximum atomic E-state index is 12.5. The first kappa shape index (κ1) is 14.7. The van der Waals surface area contributed by atoms with Crippen molar-refractivity contribution in [2.24, 2.45) is 0 Å². The summed E-state index contributed by atoms with van der Waals surface area (Å²) in [5.74, 6) is 0.620. The highest BCUT2D eigenvalue weighted by Gasteiger charge is 2.39. The van der Waals surface area contributed by atoms with Crippen LogP contribution >= 0.6 is 11.3 Å². The summed E-state index contributed by atoms with van der Waals surface area (Å²) < 4.78 is 5.07. The molecular formula is C17H19N3O2S. The minimum Gasteiger partial charge on any atom is -0.481 e. The molecule has 4 heterocycles. The van der Waals surface area contributed by atoms with Crippen molar-refractivity contribution in [3.8, 4) is 16.3 Å². The van der Waals surface area contributed by atoms with Crippen LogP contribution in [-0.4, -0.2) is 36.1 Å². The molecular weight excluding hydrogens is 310 g/mol. The van der Waals surface area contributed by atoms with Gasteiger partial charge in [0, 0.05) is 40.8 Å². The zero-order chi connectivity index (χ0) is 15.8. The summed E-state index contributed by atoms with van der Waals surface area (Å²) in [6.07, 6.45) is 5.23. The van der Waals surface area contributed by atoms with Crippen LogP contribution in [0.15, 0.2) is 30.5 Å². The van der Waals surface area contributed by atoms with Gasteiger partial charge in [-0.25, -0.2) is 4.98 Å². The average molecular weight is 329 g/mol. The largest absolute Gasteiger partial charge is 0.481 e. The number of pyridine rings is 1. The van der Waals surface area contributed by atoms with Gasteiger partial charge in [-0.05, 0) is 37.5 Å². The number of rotatable bonds is 4. The number of carbonyl (C=O) groups is 1. The Hall–Kier alpha value is -1.92. The van der Waals surface area contributed by atoms with Crippen LogP contribution in [0.3, 0.4) is 0 Å². The van der Waals surface area contributed by atoms with Crippen molar-refractivity contribution in [3.05, 3.63) is 35.3 Å². The van der Waals surface area contributed by atoms with Gasteiger partial charge in [-0.2, -0.15) is 0 Å². The SMILES string of the molecule is COc1ccc(-c2ccc(C(=O)NC3CC4CCC3N4)s2)cn1. The molecule has 0 saturated carbocycles. The molecule has 2 aromatic heterocycles. The standard InChI is InChI=1S/C17H19N3O2S/c1-22-16-7-2-10(9-18-16)14-5-6-15(23-14)17(21)20-13-8-11-3-4-12(13)19-11/h2,5-7,9,11-13,19H,3-4,8H2,1H3,(H,20,21). The first-order valence-corrected chi connectivity index (χ1v) is 8.72. The lowest BCUT2D eigenvalue weighted by molar-refractivity contribution is 0.0935. The predicted molar refractivity (Wildman–Crippen MR) is 89.9 cm³/mol. The molecule has 2 saturated heterocycles. The van der Waals surface area contributed by atoms with E-state index in [-0.39, 0.29) is 11.9 Å². The molecule has 0 aromatic carbocycles. The van der Waals surface area contributed by atoms with Crippen molar-refractivity contribution in [3.63, 3.8) is 0 Å². The van der Waals surface area contributed by atoms with Gasteiger partial charge in [0.05, 0.1) is 12.0 Å². The zero-order valence-electron chi connectivity index (χ0n) is 12.9. The van der Waals surface area contributed by atoms with Crippen molar-refractivity contribution >= 4 is 17.2 Å². The second-order valence-corrected chi connectivity index (χ2v) is 7.20. The number of aromatic nitrogens is 1. The van der Waals surface area contributed by atoms with Gasteiger partial charge in [-0.3, -0.25) is 4.79 Å². The van der Waals surface area contributed by atoms with E-state index in [2.05, 4.69) is 15.6 Å². The van der Waals surface area contributed by atoms with Crippen LogP contribution < -0.4 is 15.4 Å². The maximum absolute atomic E-state index is 12.5. The highest BCUT2D eigenvalue weighted by atomic mass is 32.1. The summed E-state index contributed by atoms with van der Waals surface area (Å²) in [5, 5.41) is 6.73. The molecule has 1 amide bonds. The van der Waals surface area contributed by atoms with Gasteiger partial charge in [0.25, 0.3) is 5.91 Å². The van der Waals surface area contributed by atoms with E-state index in [1.165, 1.54) is 24.2 Å². The second kappa shape index (κ2) is 5.94. The van der Waals surface area contributed by atoms with Crippen LogP contribution in [0, 0.1) is 0 Å². The molecule has 5 nitrogen and oxygen atoms in total. The fourth-order valence-corrected chi connectivity index (χ4v) is 4.38. The summed E-state index contributed by atoms with van der Waals surface area (Å²) in [6.45, 7) is 0. The number of methoxy groups -OCH3 is 1. The molecule has 2 bridgehead atoms. The van der Waals surface area contributed by atoms with Crippen LogP contribution in [-0.2, 0) is 0 Å². The van der Waals surface area contributed by atoms with E-state index in [0.717, 1.165) is 21.7 Å². The van der Waals surface area contributed by atoms with E-state index in [4.69, 9.17) is 4.74 Å². The Morgan fingerprint density at radius 1 is 1.35 bits per heavy atom. The van der Waals surface area contributed by atoms with E-state index in [9.17, 15) is 4.79 Å². The third kappa shape index (κ3) is 2.84. The summed E-state index contributed by atoms with van der Waals surface area (Å²) in [6, 6.07) is 8.97. The molecule has 2 N–H and O–H groups in total. The van der Waals surface area contributed by atoms with Gasteiger partial charge < -0.3 is 15.4 Å². The van der Waals surface area contributed by atoms with Crippen LogP contribution in [0.25, 0.3) is 10.4 Å². The molecule has 23 heavy (non-hydrogen) atoms. The van der Waals surface area contributed by atoms with E-state index in [1.54, 1.807) is 13.3 Å². The topological polar surface area (TPSA) is 63.2 Å². The number of hydrogen-bond donors (Lipinski definition) is 2. The van der Waals surface area contributed by atoms with Crippen molar-refractivity contribution < 1.29 is 9.53 Å². The molecule has 0 spiro atoms. The Labute approximate surface area is 139 Å². The predicted octanol–water partition coefficient (Wildman–Crippen LogP) is 2.44. The van der Waals surface area contributed by atoms with Crippen LogP contribution in [0.2, 0.25) is 0 Å². The smallest absolute Gasteiger partial charge is 0.261 e. The number of thiophene rings is 1. The van der Waals surface area contributed by atoms with E-state index in [0.29, 0.717) is 18.0 Å². The third-order valence-electron chi connectivity index (χ3n) is 4.68. The van der Waals surface area contributed by atoms with Crippen LogP contribution in [0.1, 0.15) is 28.9 Å². The van der Waals surface area contributed by atoms with E-state index < -0.39 is 0 Å². The highest BCUT2D eigenvalue weighted by molar-refractivity contribution is 7.17. The lowest BCUT2D eigenvalue weighted by Crippen LogP contribution is -2.42. The fraction of sp³-hybridized carbons (Fsp3) is 0.412. The lowest BCUT2D eigenvalue weighted by Gasteiger charge is -2.20. The first-order valence-electron chi connectivity index (χ1n) is 7.90. The monoisotopic (exact) mass is 329 g/mol. The Bertz CT molecular complexity index is 713. The number of nitrogens with zero attached hydrogens (tertiary/aromatic N) is 1. The Morgan fingerprint density at radius 3 is 2.91 bits per heavy atom. The number of nitrogens with one attached hydrogen (secondary N) is 2. The summed E-state index contributed by atoms with van der Waals surface area (Å²) in [7, 11) is 1.60. The number of amides is 1. The minimum absolute atomic E-state index is 0.0297. The molecule has 2 aliphatic heterocycles. The zero-order valence-corrected chi connectivity index (χ0v) is 13.7. The van der Waals surface area contributed by atoms with Crippen molar-refractivity contribution in [2.45, 2.75) is 37.4 Å². The molecule has 0 radical (unpaired) electrons. The maximum Gasteiger partial charge on any atom is 0.261 e. The molecule has 6 heteroatoms. The van der Waals surface area contributed by atoms with Gasteiger partial charge in [-0.1, -0.05) is 0 Å². The van der Waals surface area contributed by atoms with E-state index >= 15 is 0 Å². The van der Waals surface area contributed by atoms with Gasteiger partial charge in [0.1, 0.15) is 0 Å². The second-order valence-electron chi connectivity index (χ2n) is 6.12. The van der Waals surface area contributed by atoms with Crippen molar-refractivity contribution in [1.82, 2.24) is 15.6 Å². The Kier molecular flexibility index (Phi) is 3.79. The third-order valence-corrected chi connectivity index (χ3v) is 5.81. The van der Waals surface area contributed by atoms with Crippen LogP contribution in [0.4, 0.5) is 0 Å². The van der Waals surface area contributed by atoms with Crippen molar-refractivity contribution in [1.29, 1.82) is 0 Å². The molecule has 2 aliphatic rings. The minimum atomic E-state index is 0.0297. The number of carbonyl (C=O) groups excluding carboxylic acids is 1. The first-order chi connectivity index (χ1) is 11.2. The molecule has 120 valence electrons. The summed E-state index contributed by atoms with van der Waals surface area (Å²) in [4.78, 5) is 18.5. The molecule has 4 rings (SSSR count). The summed E-state index contributed by atoms with van der Waals surface area (Å²) in [5.41, 5.74) is 0.997. The van der Waals surface area contributed by atoms with E-state index in [1.807, 2.05) is 24.3 Å². The quantitative estimate of drug-likeness (QED) is 0.904. The number of ether oxygens (including phenoxy) is 1. The van der Waals surface area contributed by atoms with Gasteiger partial charge in [0.15, 0.2) is 0 Å². The van der Waals surface area contributed by atoms with Gasteiger partial charge in [0.2, 0.25) is 5.88 Å². The fourth-order valence-electron chi connectivity index (χ4n) is 3.49. The van der Waals surface area contributed by atoms with Crippen molar-refractivity contribution in [2.75, 3.05) is 7.11 Å². The normalized spacial score (nSPS) is 25.5. The molecule has 2 aromatic rings. The van der Waals surface area contributed by atoms with Crippen LogP contribution in [0.5, 0.6) is 5.88 Å². The highest BCUT2D eigenvalue weighted by Crippen LogP contribution is 2.30. The number of fused-ring (bicyclic) bond motifs is 2. The summed E-state index contributed by atoms with van der Waals surface area (Å²) >= 11 is 1.50. The molecule has 0 aliphatic carbocycles. The number of hydrogen-bond acceptors (Lipinski definition) is 5. The van der Waals surface area contributed by atoms with Gasteiger partial charge in [-0.15, -0.1) is 11.3 Å².